The maximum atomic E-state index is 10.4. The summed E-state index contributed by atoms with van der Waals surface area (Å²) in [6.07, 6.45) is 5.40. The van der Waals surface area contributed by atoms with E-state index < -0.39 is 10.1 Å². The van der Waals surface area contributed by atoms with E-state index in [0.717, 1.165) is 13.0 Å². The Morgan fingerprint density at radius 3 is 2.29 bits per heavy atom. The fourth-order valence-electron chi connectivity index (χ4n) is 2.08. The maximum absolute atomic E-state index is 10.4. The molecular formula is C16H33NaO6S. The van der Waals surface area contributed by atoms with Crippen LogP contribution in [0.1, 0.15) is 59.3 Å². The predicted octanol–water partition coefficient (Wildman–Crippen LogP) is -0.0720. The second kappa shape index (κ2) is 17.2. The molecule has 0 radical (unpaired) electrons. The van der Waals surface area contributed by atoms with E-state index in [2.05, 4.69) is 13.8 Å². The number of hydrogen-bond donors (Lipinski definition) is 0. The summed E-state index contributed by atoms with van der Waals surface area (Å²) < 4.78 is 47.7. The minimum Gasteiger partial charge on any atom is -0.748 e. The summed E-state index contributed by atoms with van der Waals surface area (Å²) in [4.78, 5) is 0. The summed E-state index contributed by atoms with van der Waals surface area (Å²) in [7, 11) is -4.10. The summed E-state index contributed by atoms with van der Waals surface area (Å²) in [6.45, 7) is 8.29. The molecule has 0 aliphatic heterocycles. The van der Waals surface area contributed by atoms with Crippen molar-refractivity contribution in [1.82, 2.24) is 0 Å². The van der Waals surface area contributed by atoms with Crippen molar-refractivity contribution in [3.63, 3.8) is 0 Å². The first kappa shape index (κ1) is 27.0. The van der Waals surface area contributed by atoms with Gasteiger partial charge in [-0.15, -0.1) is 0 Å². The van der Waals surface area contributed by atoms with Gasteiger partial charge in [0.2, 0.25) is 0 Å². The zero-order valence-corrected chi connectivity index (χ0v) is 18.6. The molecule has 24 heavy (non-hydrogen) atoms. The molecule has 0 N–H and O–H groups in total. The monoisotopic (exact) mass is 376 g/mol. The first-order chi connectivity index (χ1) is 10.9. The molecule has 0 fully saturated rings. The Kier molecular flexibility index (Phi) is 19.4. The van der Waals surface area contributed by atoms with E-state index in [4.69, 9.17) is 14.2 Å². The quantitative estimate of drug-likeness (QED) is 0.162. The second-order valence-electron chi connectivity index (χ2n) is 5.77. The predicted molar refractivity (Wildman–Crippen MR) is 89.3 cm³/mol. The number of unbranched alkanes of at least 4 members (excludes halogenated alkanes) is 2. The Balaban J connectivity index is 0. The molecule has 0 rings (SSSR count). The van der Waals surface area contributed by atoms with Crippen molar-refractivity contribution >= 4 is 10.1 Å². The van der Waals surface area contributed by atoms with Crippen LogP contribution in [0, 0.1) is 5.92 Å². The van der Waals surface area contributed by atoms with Gasteiger partial charge in [-0.05, 0) is 32.1 Å². The van der Waals surface area contributed by atoms with Crippen molar-refractivity contribution in [2.24, 2.45) is 5.92 Å². The van der Waals surface area contributed by atoms with E-state index >= 15 is 0 Å². The third kappa shape index (κ3) is 19.1. The fraction of sp³-hybridized carbons (Fsp3) is 1.00. The van der Waals surface area contributed by atoms with Crippen LogP contribution in [0.3, 0.4) is 0 Å². The first-order valence-corrected chi connectivity index (χ1v) is 10.2. The number of hydrogen-bond acceptors (Lipinski definition) is 6. The van der Waals surface area contributed by atoms with Gasteiger partial charge in [-0.2, -0.15) is 0 Å². The Hall–Kier alpha value is 0.790. The van der Waals surface area contributed by atoms with Crippen molar-refractivity contribution in [3.8, 4) is 0 Å². The van der Waals surface area contributed by atoms with Crippen LogP contribution in [0.25, 0.3) is 0 Å². The zero-order valence-electron chi connectivity index (χ0n) is 15.8. The minimum atomic E-state index is -4.10. The van der Waals surface area contributed by atoms with Crippen LogP contribution in [-0.2, 0) is 24.3 Å². The van der Waals surface area contributed by atoms with Gasteiger partial charge < -0.3 is 18.8 Å². The summed E-state index contributed by atoms with van der Waals surface area (Å²) >= 11 is 0. The van der Waals surface area contributed by atoms with E-state index in [1.807, 2.05) is 6.92 Å². The Morgan fingerprint density at radius 2 is 1.71 bits per heavy atom. The Labute approximate surface area is 170 Å². The van der Waals surface area contributed by atoms with E-state index in [1.54, 1.807) is 0 Å². The smallest absolute Gasteiger partial charge is 0.748 e. The standard InChI is InChI=1S/C16H34O6S.Na/c1-4-6-9-16(5-2)14-22-15(3)21-12-11-20-10-7-8-13-23(17,18)19;/h15-16H,4-14H2,1-3H3,(H,17,18,19);/q;+1/p-1. The molecule has 0 aliphatic carbocycles. The summed E-state index contributed by atoms with van der Waals surface area (Å²) in [6, 6.07) is 0. The van der Waals surface area contributed by atoms with Crippen molar-refractivity contribution in [1.29, 1.82) is 0 Å². The van der Waals surface area contributed by atoms with Gasteiger partial charge in [0.25, 0.3) is 0 Å². The molecule has 0 heterocycles. The molecule has 6 nitrogen and oxygen atoms in total. The molecule has 0 saturated heterocycles. The van der Waals surface area contributed by atoms with Gasteiger partial charge in [-0.1, -0.05) is 33.1 Å². The van der Waals surface area contributed by atoms with E-state index in [-0.39, 0.29) is 41.6 Å². The van der Waals surface area contributed by atoms with Gasteiger partial charge in [-0.3, -0.25) is 0 Å². The average molecular weight is 376 g/mol. The fourth-order valence-corrected chi connectivity index (χ4v) is 2.63. The largest absolute Gasteiger partial charge is 1.00 e. The molecule has 2 unspecified atom stereocenters. The summed E-state index contributed by atoms with van der Waals surface area (Å²) in [5, 5.41) is 0. The van der Waals surface area contributed by atoms with Crippen molar-refractivity contribution < 1.29 is 56.7 Å². The maximum Gasteiger partial charge on any atom is 1.00 e. The first-order valence-electron chi connectivity index (χ1n) is 8.63. The van der Waals surface area contributed by atoms with Gasteiger partial charge in [0.05, 0.1) is 29.9 Å². The summed E-state index contributed by atoms with van der Waals surface area (Å²) in [5.41, 5.74) is 0. The molecule has 0 bridgehead atoms. The van der Waals surface area contributed by atoms with Crippen LogP contribution < -0.4 is 29.6 Å². The molecule has 0 aliphatic rings. The molecule has 0 amide bonds. The zero-order chi connectivity index (χ0) is 17.6. The van der Waals surface area contributed by atoms with Crippen molar-refractivity contribution in [2.75, 3.05) is 32.2 Å². The van der Waals surface area contributed by atoms with E-state index in [1.165, 1.54) is 19.3 Å². The molecule has 0 aromatic heterocycles. The van der Waals surface area contributed by atoms with Crippen LogP contribution in [-0.4, -0.2) is 51.4 Å². The average Bonchev–Trinajstić information content (AvgIpc) is 2.49. The third-order valence-electron chi connectivity index (χ3n) is 3.62. The second-order valence-corrected chi connectivity index (χ2v) is 7.29. The van der Waals surface area contributed by atoms with Gasteiger partial charge in [0.15, 0.2) is 6.29 Å². The van der Waals surface area contributed by atoms with Gasteiger partial charge >= 0.3 is 29.6 Å². The molecule has 0 aromatic rings. The Bertz CT molecular complexity index is 364. The van der Waals surface area contributed by atoms with Gasteiger partial charge in [-0.25, -0.2) is 8.42 Å². The molecular weight excluding hydrogens is 343 g/mol. The van der Waals surface area contributed by atoms with Crippen LogP contribution >= 0.6 is 0 Å². The van der Waals surface area contributed by atoms with Gasteiger partial charge in [0.1, 0.15) is 0 Å². The topological polar surface area (TPSA) is 84.9 Å². The Morgan fingerprint density at radius 1 is 1.00 bits per heavy atom. The van der Waals surface area contributed by atoms with Gasteiger partial charge in [0, 0.05) is 12.4 Å². The molecule has 0 spiro atoms. The minimum absolute atomic E-state index is 0. The van der Waals surface area contributed by atoms with E-state index in [0.29, 0.717) is 38.6 Å². The molecule has 140 valence electrons. The van der Waals surface area contributed by atoms with Crippen molar-refractivity contribution in [2.45, 2.75) is 65.6 Å². The van der Waals surface area contributed by atoms with Crippen LogP contribution in [0.5, 0.6) is 0 Å². The van der Waals surface area contributed by atoms with Crippen LogP contribution in [0.15, 0.2) is 0 Å². The van der Waals surface area contributed by atoms with Crippen molar-refractivity contribution in [3.05, 3.63) is 0 Å². The number of rotatable bonds is 16. The van der Waals surface area contributed by atoms with Crippen LogP contribution in [0.2, 0.25) is 0 Å². The SMILES string of the molecule is CCCCC(CC)COC(C)OCCOCCCCS(=O)(=O)[O-].[Na+]. The summed E-state index contributed by atoms with van der Waals surface area (Å²) in [5.74, 6) is 0.267. The van der Waals surface area contributed by atoms with E-state index in [9.17, 15) is 13.0 Å². The van der Waals surface area contributed by atoms with Crippen LogP contribution in [0.4, 0.5) is 0 Å². The molecule has 0 aromatic carbocycles. The molecule has 2 atom stereocenters. The molecule has 8 heteroatoms. The molecule has 0 saturated carbocycles. The number of ether oxygens (including phenoxy) is 3. The normalized spacial score (nSPS) is 14.2. The third-order valence-corrected chi connectivity index (χ3v) is 4.41.